The van der Waals surface area contributed by atoms with E-state index >= 15 is 0 Å². The van der Waals surface area contributed by atoms with Crippen LogP contribution in [0.15, 0.2) is 30.3 Å². The molecule has 2 N–H and O–H groups in total. The van der Waals surface area contributed by atoms with Crippen molar-refractivity contribution in [2.45, 2.75) is 38.6 Å². The van der Waals surface area contributed by atoms with Gasteiger partial charge in [0.2, 0.25) is 0 Å². The molecule has 0 atom stereocenters. The molecule has 1 aliphatic rings. The van der Waals surface area contributed by atoms with Crippen LogP contribution in [0.3, 0.4) is 0 Å². The van der Waals surface area contributed by atoms with E-state index < -0.39 is 0 Å². The summed E-state index contributed by atoms with van der Waals surface area (Å²) in [7, 11) is 0. The van der Waals surface area contributed by atoms with Crippen molar-refractivity contribution in [1.82, 2.24) is 15.5 Å². The third-order valence-electron chi connectivity index (χ3n) is 4.12. The van der Waals surface area contributed by atoms with Gasteiger partial charge in [-0.2, -0.15) is 0 Å². The Balaban J connectivity index is 1.66. The average molecular weight is 331 g/mol. The molecular formula is C17H19ClN4O. The highest BCUT2D eigenvalue weighted by Crippen LogP contribution is 2.25. The summed E-state index contributed by atoms with van der Waals surface area (Å²) < 4.78 is 0. The number of carbonyl (C=O) groups is 1. The van der Waals surface area contributed by atoms with E-state index in [1.165, 1.54) is 12.8 Å². The molecule has 1 amide bonds. The van der Waals surface area contributed by atoms with Gasteiger partial charge < -0.3 is 10.6 Å². The Hall–Kier alpha value is -2.14. The van der Waals surface area contributed by atoms with Gasteiger partial charge in [0.1, 0.15) is 0 Å². The van der Waals surface area contributed by atoms with Crippen molar-refractivity contribution in [3.63, 3.8) is 0 Å². The molecule has 1 fully saturated rings. The Morgan fingerprint density at radius 1 is 1.17 bits per heavy atom. The summed E-state index contributed by atoms with van der Waals surface area (Å²) in [5.74, 6) is 0.419. The first-order valence-corrected chi connectivity index (χ1v) is 8.18. The van der Waals surface area contributed by atoms with Gasteiger partial charge in [0.25, 0.3) is 5.91 Å². The number of carbonyl (C=O) groups excluding carboxylic acids is 1. The van der Waals surface area contributed by atoms with Crippen molar-refractivity contribution in [2.75, 3.05) is 5.32 Å². The molecule has 0 saturated heterocycles. The fourth-order valence-corrected chi connectivity index (χ4v) is 2.90. The highest BCUT2D eigenvalue weighted by atomic mass is 35.5. The van der Waals surface area contributed by atoms with Crippen LogP contribution in [-0.4, -0.2) is 22.1 Å². The first kappa shape index (κ1) is 15.7. The molecule has 23 heavy (non-hydrogen) atoms. The lowest BCUT2D eigenvalue weighted by Crippen LogP contribution is -2.33. The third kappa shape index (κ3) is 3.79. The molecule has 1 aromatic heterocycles. The van der Waals surface area contributed by atoms with E-state index in [2.05, 4.69) is 20.8 Å². The fourth-order valence-electron chi connectivity index (χ4n) is 2.73. The van der Waals surface area contributed by atoms with E-state index in [4.69, 9.17) is 11.6 Å². The lowest BCUT2D eigenvalue weighted by molar-refractivity contribution is 0.0932. The smallest absolute Gasteiger partial charge is 0.272 e. The number of aromatic nitrogens is 2. The molecule has 5 nitrogen and oxygen atoms in total. The second kappa shape index (κ2) is 6.96. The molecular weight excluding hydrogens is 312 g/mol. The Morgan fingerprint density at radius 2 is 1.96 bits per heavy atom. The minimum atomic E-state index is -0.158. The second-order valence-corrected chi connectivity index (χ2v) is 6.20. The normalized spacial score (nSPS) is 14.7. The summed E-state index contributed by atoms with van der Waals surface area (Å²) in [6.45, 7) is 1.93. The highest BCUT2D eigenvalue weighted by Gasteiger charge is 2.18. The van der Waals surface area contributed by atoms with Crippen LogP contribution in [-0.2, 0) is 0 Å². The molecule has 120 valence electrons. The van der Waals surface area contributed by atoms with Crippen LogP contribution < -0.4 is 10.6 Å². The standard InChI is InChI=1S/C17H19ClN4O/c1-11-13(18)7-4-8-14(11)20-16-10-9-15(21-22-16)17(23)19-12-5-2-3-6-12/h4,7-10,12H,2-3,5-6H2,1H3,(H,19,23)(H,20,22). The van der Waals surface area contributed by atoms with Gasteiger partial charge in [0.15, 0.2) is 11.5 Å². The molecule has 2 aromatic rings. The average Bonchev–Trinajstić information content (AvgIpc) is 3.05. The van der Waals surface area contributed by atoms with Gasteiger partial charge in [0.05, 0.1) is 0 Å². The first-order chi connectivity index (χ1) is 11.1. The minimum Gasteiger partial charge on any atom is -0.348 e. The molecule has 1 aliphatic carbocycles. The molecule has 1 heterocycles. The van der Waals surface area contributed by atoms with E-state index in [1.54, 1.807) is 12.1 Å². The summed E-state index contributed by atoms with van der Waals surface area (Å²) in [5.41, 5.74) is 2.15. The zero-order valence-electron chi connectivity index (χ0n) is 13.0. The maximum atomic E-state index is 12.1. The zero-order chi connectivity index (χ0) is 16.2. The third-order valence-corrected chi connectivity index (χ3v) is 4.53. The van der Waals surface area contributed by atoms with Crippen molar-refractivity contribution in [1.29, 1.82) is 0 Å². The van der Waals surface area contributed by atoms with Crippen LogP contribution >= 0.6 is 11.6 Å². The van der Waals surface area contributed by atoms with Crippen molar-refractivity contribution < 1.29 is 4.79 Å². The Kier molecular flexibility index (Phi) is 4.76. The molecule has 1 aromatic carbocycles. The number of halogens is 1. The Labute approximate surface area is 140 Å². The molecule has 0 aliphatic heterocycles. The summed E-state index contributed by atoms with van der Waals surface area (Å²) in [6, 6.07) is 9.33. The van der Waals surface area contributed by atoms with Crippen molar-refractivity contribution in [2.24, 2.45) is 0 Å². The highest BCUT2D eigenvalue weighted by molar-refractivity contribution is 6.31. The lowest BCUT2D eigenvalue weighted by Gasteiger charge is -2.12. The fraction of sp³-hybridized carbons (Fsp3) is 0.353. The summed E-state index contributed by atoms with van der Waals surface area (Å²) in [5, 5.41) is 14.9. The first-order valence-electron chi connectivity index (χ1n) is 7.80. The number of nitrogens with one attached hydrogen (secondary N) is 2. The van der Waals surface area contributed by atoms with Gasteiger partial charge in [-0.05, 0) is 49.6 Å². The van der Waals surface area contributed by atoms with Crippen LogP contribution in [0.4, 0.5) is 11.5 Å². The Bertz CT molecular complexity index is 696. The number of benzene rings is 1. The summed E-state index contributed by atoms with van der Waals surface area (Å²) >= 11 is 6.10. The SMILES string of the molecule is Cc1c(Cl)cccc1Nc1ccc(C(=O)NC2CCCC2)nn1. The monoisotopic (exact) mass is 330 g/mol. The second-order valence-electron chi connectivity index (χ2n) is 5.80. The molecule has 1 saturated carbocycles. The summed E-state index contributed by atoms with van der Waals surface area (Å²) in [6.07, 6.45) is 4.46. The van der Waals surface area contributed by atoms with Gasteiger partial charge >= 0.3 is 0 Å². The zero-order valence-corrected chi connectivity index (χ0v) is 13.7. The molecule has 6 heteroatoms. The van der Waals surface area contributed by atoms with Crippen molar-refractivity contribution in [3.05, 3.63) is 46.6 Å². The van der Waals surface area contributed by atoms with Crippen molar-refractivity contribution in [3.8, 4) is 0 Å². The molecule has 0 spiro atoms. The number of hydrogen-bond acceptors (Lipinski definition) is 4. The largest absolute Gasteiger partial charge is 0.348 e. The van der Waals surface area contributed by atoms with Crippen LogP contribution in [0.5, 0.6) is 0 Å². The van der Waals surface area contributed by atoms with Gasteiger partial charge in [0, 0.05) is 16.8 Å². The van der Waals surface area contributed by atoms with Crippen LogP contribution in [0, 0.1) is 6.92 Å². The van der Waals surface area contributed by atoms with Crippen LogP contribution in [0.2, 0.25) is 5.02 Å². The number of hydrogen-bond donors (Lipinski definition) is 2. The van der Waals surface area contributed by atoms with Gasteiger partial charge in [-0.1, -0.05) is 30.5 Å². The maximum Gasteiger partial charge on any atom is 0.272 e. The number of amides is 1. The molecule has 0 unspecified atom stereocenters. The Morgan fingerprint density at radius 3 is 2.65 bits per heavy atom. The predicted molar refractivity (Wildman–Crippen MR) is 91.2 cm³/mol. The predicted octanol–water partition coefficient (Wildman–Crippen LogP) is 3.85. The number of nitrogens with zero attached hydrogens (tertiary/aromatic N) is 2. The van der Waals surface area contributed by atoms with Crippen LogP contribution in [0.25, 0.3) is 0 Å². The lowest BCUT2D eigenvalue weighted by atomic mass is 10.2. The van der Waals surface area contributed by atoms with E-state index in [9.17, 15) is 4.79 Å². The quantitative estimate of drug-likeness (QED) is 0.893. The van der Waals surface area contributed by atoms with Crippen LogP contribution in [0.1, 0.15) is 41.7 Å². The molecule has 3 rings (SSSR count). The topological polar surface area (TPSA) is 66.9 Å². The number of anilines is 2. The maximum absolute atomic E-state index is 12.1. The van der Waals surface area contributed by atoms with E-state index in [1.807, 2.05) is 25.1 Å². The summed E-state index contributed by atoms with van der Waals surface area (Å²) in [4.78, 5) is 12.1. The van der Waals surface area contributed by atoms with Crippen molar-refractivity contribution >= 4 is 29.0 Å². The van der Waals surface area contributed by atoms with Gasteiger partial charge in [-0.15, -0.1) is 10.2 Å². The van der Waals surface area contributed by atoms with E-state index in [-0.39, 0.29) is 11.9 Å². The number of rotatable bonds is 4. The minimum absolute atomic E-state index is 0.158. The van der Waals surface area contributed by atoms with Gasteiger partial charge in [-0.25, -0.2) is 0 Å². The van der Waals surface area contributed by atoms with E-state index in [0.29, 0.717) is 16.5 Å². The van der Waals surface area contributed by atoms with E-state index in [0.717, 1.165) is 24.1 Å². The molecule has 0 bridgehead atoms. The molecule has 0 radical (unpaired) electrons. The van der Waals surface area contributed by atoms with Gasteiger partial charge in [-0.3, -0.25) is 4.79 Å².